The number of halogens is 2. The van der Waals surface area contributed by atoms with Gasteiger partial charge >= 0.3 is 0 Å². The van der Waals surface area contributed by atoms with Crippen LogP contribution in [-0.4, -0.2) is 33.6 Å². The van der Waals surface area contributed by atoms with E-state index >= 15 is 0 Å². The maximum atomic E-state index is 11.3. The molecule has 0 aliphatic heterocycles. The van der Waals surface area contributed by atoms with Crippen LogP contribution < -0.4 is 11.1 Å². The quantitative estimate of drug-likeness (QED) is 0.472. The maximum Gasteiger partial charge on any atom is 0.253 e. The van der Waals surface area contributed by atoms with Crippen LogP contribution >= 0.6 is 23.2 Å². The van der Waals surface area contributed by atoms with Gasteiger partial charge < -0.3 is 21.3 Å². The van der Waals surface area contributed by atoms with Crippen molar-refractivity contribution in [2.75, 3.05) is 12.3 Å². The molecular weight excluding hydrogens is 279 g/mol. The van der Waals surface area contributed by atoms with Gasteiger partial charge in [0.15, 0.2) is 4.84 Å². The second-order valence-electron chi connectivity index (χ2n) is 3.71. The SMILES string of the molecule is Nc1ccc([C@H](O)[C@H](CO)NC(=O)C(Cl)Cl)cc1. The standard InChI is InChI=1S/C11H14Cl2N2O3/c12-10(13)11(18)15-8(5-16)9(17)6-1-3-7(14)4-2-6/h1-4,8-10,16-17H,5,14H2,(H,15,18)/t8-,9-/m0/s1. The average molecular weight is 293 g/mol. The van der Waals surface area contributed by atoms with E-state index in [4.69, 9.17) is 34.0 Å². The van der Waals surface area contributed by atoms with Gasteiger partial charge in [0.2, 0.25) is 0 Å². The number of hydrogen-bond donors (Lipinski definition) is 4. The van der Waals surface area contributed by atoms with Crippen LogP contribution in [0.1, 0.15) is 11.7 Å². The van der Waals surface area contributed by atoms with Gasteiger partial charge in [-0.2, -0.15) is 0 Å². The Morgan fingerprint density at radius 2 is 1.89 bits per heavy atom. The van der Waals surface area contributed by atoms with Crippen molar-refractivity contribution in [2.45, 2.75) is 17.0 Å². The Kier molecular flexibility index (Phi) is 5.68. The number of aliphatic hydroxyl groups excluding tert-OH is 2. The van der Waals surface area contributed by atoms with Crippen molar-refractivity contribution >= 4 is 34.8 Å². The van der Waals surface area contributed by atoms with Gasteiger partial charge in [-0.05, 0) is 17.7 Å². The largest absolute Gasteiger partial charge is 0.399 e. The van der Waals surface area contributed by atoms with Crippen molar-refractivity contribution < 1.29 is 15.0 Å². The molecule has 5 nitrogen and oxygen atoms in total. The molecular formula is C11H14Cl2N2O3. The topological polar surface area (TPSA) is 95.6 Å². The van der Waals surface area contributed by atoms with Crippen LogP contribution in [0.15, 0.2) is 24.3 Å². The number of rotatable bonds is 5. The predicted octanol–water partition coefficient (Wildman–Crippen LogP) is 0.583. The second kappa shape index (κ2) is 6.80. The lowest BCUT2D eigenvalue weighted by molar-refractivity contribution is -0.121. The molecule has 0 saturated heterocycles. The van der Waals surface area contributed by atoms with Gasteiger partial charge in [0.05, 0.1) is 12.6 Å². The summed E-state index contributed by atoms with van der Waals surface area (Å²) in [6.45, 7) is -0.447. The number of carbonyl (C=O) groups is 1. The second-order valence-corrected chi connectivity index (χ2v) is 4.81. The van der Waals surface area contributed by atoms with Crippen molar-refractivity contribution in [3.63, 3.8) is 0 Å². The van der Waals surface area contributed by atoms with Gasteiger partial charge in [-0.1, -0.05) is 35.3 Å². The molecule has 0 aliphatic rings. The van der Waals surface area contributed by atoms with E-state index in [-0.39, 0.29) is 0 Å². The summed E-state index contributed by atoms with van der Waals surface area (Å²) in [5, 5.41) is 21.5. The number of carbonyl (C=O) groups excluding carboxylic acids is 1. The molecule has 0 heterocycles. The lowest BCUT2D eigenvalue weighted by Crippen LogP contribution is -2.44. The van der Waals surface area contributed by atoms with Gasteiger partial charge in [0.1, 0.15) is 6.10 Å². The first-order valence-electron chi connectivity index (χ1n) is 5.18. The molecule has 0 spiro atoms. The maximum absolute atomic E-state index is 11.3. The van der Waals surface area contributed by atoms with E-state index in [9.17, 15) is 9.90 Å². The Bertz CT molecular complexity index is 398. The molecule has 5 N–H and O–H groups in total. The van der Waals surface area contributed by atoms with E-state index in [0.717, 1.165) is 0 Å². The van der Waals surface area contributed by atoms with Crippen LogP contribution in [0.2, 0.25) is 0 Å². The zero-order valence-electron chi connectivity index (χ0n) is 9.38. The van der Waals surface area contributed by atoms with Gasteiger partial charge in [0, 0.05) is 5.69 Å². The zero-order chi connectivity index (χ0) is 13.7. The van der Waals surface area contributed by atoms with Crippen LogP contribution in [0.4, 0.5) is 5.69 Å². The van der Waals surface area contributed by atoms with Crippen molar-refractivity contribution in [1.29, 1.82) is 0 Å². The highest BCUT2D eigenvalue weighted by Gasteiger charge is 2.24. The van der Waals surface area contributed by atoms with Gasteiger partial charge in [-0.15, -0.1) is 0 Å². The van der Waals surface area contributed by atoms with E-state index in [1.807, 2.05) is 0 Å². The number of aliphatic hydroxyl groups is 2. The number of nitrogen functional groups attached to an aromatic ring is 1. The molecule has 1 amide bonds. The van der Waals surface area contributed by atoms with Crippen molar-refractivity contribution in [3.05, 3.63) is 29.8 Å². The third-order valence-electron chi connectivity index (χ3n) is 2.38. The van der Waals surface area contributed by atoms with Crippen LogP contribution in [0.5, 0.6) is 0 Å². The van der Waals surface area contributed by atoms with Crippen LogP contribution in [0.3, 0.4) is 0 Å². The fraction of sp³-hybridized carbons (Fsp3) is 0.364. The fourth-order valence-electron chi connectivity index (χ4n) is 1.40. The summed E-state index contributed by atoms with van der Waals surface area (Å²) in [4.78, 5) is 10.0. The first-order valence-corrected chi connectivity index (χ1v) is 6.06. The molecule has 1 aromatic rings. The molecule has 0 fully saturated rings. The Balaban J connectivity index is 2.75. The molecule has 0 saturated carbocycles. The average Bonchev–Trinajstić information content (AvgIpc) is 2.35. The summed E-state index contributed by atoms with van der Waals surface area (Å²) in [5.41, 5.74) is 6.59. The minimum atomic E-state index is -1.25. The summed E-state index contributed by atoms with van der Waals surface area (Å²) in [6.07, 6.45) is -1.08. The van der Waals surface area contributed by atoms with Crippen LogP contribution in [0.25, 0.3) is 0 Å². The molecule has 0 radical (unpaired) electrons. The van der Waals surface area contributed by atoms with E-state index in [2.05, 4.69) is 5.32 Å². The van der Waals surface area contributed by atoms with E-state index < -0.39 is 29.5 Å². The number of amides is 1. The highest BCUT2D eigenvalue weighted by molar-refractivity contribution is 6.53. The lowest BCUT2D eigenvalue weighted by atomic mass is 10.0. The normalized spacial score (nSPS) is 14.3. The third-order valence-corrected chi connectivity index (χ3v) is 2.78. The smallest absolute Gasteiger partial charge is 0.253 e. The minimum Gasteiger partial charge on any atom is -0.399 e. The minimum absolute atomic E-state index is 0.447. The van der Waals surface area contributed by atoms with E-state index in [1.165, 1.54) is 0 Å². The molecule has 0 aromatic heterocycles. The summed E-state index contributed by atoms with van der Waals surface area (Å²) in [6, 6.07) is 5.55. The molecule has 2 atom stereocenters. The number of hydrogen-bond acceptors (Lipinski definition) is 4. The van der Waals surface area contributed by atoms with Gasteiger partial charge in [-0.3, -0.25) is 4.79 Å². The zero-order valence-corrected chi connectivity index (χ0v) is 10.9. The van der Waals surface area contributed by atoms with Gasteiger partial charge in [0.25, 0.3) is 5.91 Å². The predicted molar refractivity (Wildman–Crippen MR) is 70.3 cm³/mol. The molecule has 1 rings (SSSR count). The summed E-state index contributed by atoms with van der Waals surface area (Å²) >= 11 is 10.7. The number of alkyl halides is 2. The van der Waals surface area contributed by atoms with Gasteiger partial charge in [-0.25, -0.2) is 0 Å². The number of nitrogens with two attached hydrogens (primary N) is 1. The van der Waals surface area contributed by atoms with Crippen molar-refractivity contribution in [3.8, 4) is 0 Å². The molecule has 1 aromatic carbocycles. The number of benzene rings is 1. The first kappa shape index (κ1) is 15.0. The Hall–Kier alpha value is -1.01. The molecule has 100 valence electrons. The highest BCUT2D eigenvalue weighted by atomic mass is 35.5. The molecule has 18 heavy (non-hydrogen) atoms. The monoisotopic (exact) mass is 292 g/mol. The first-order chi connectivity index (χ1) is 8.45. The lowest BCUT2D eigenvalue weighted by Gasteiger charge is -2.22. The number of anilines is 1. The van der Waals surface area contributed by atoms with E-state index in [0.29, 0.717) is 11.3 Å². The third kappa shape index (κ3) is 4.03. The summed E-state index contributed by atoms with van der Waals surface area (Å²) in [5.74, 6) is -0.674. The molecule has 0 bridgehead atoms. The van der Waals surface area contributed by atoms with Crippen LogP contribution in [-0.2, 0) is 4.79 Å². The van der Waals surface area contributed by atoms with Crippen molar-refractivity contribution in [2.24, 2.45) is 0 Å². The summed E-state index contributed by atoms with van der Waals surface area (Å²) in [7, 11) is 0. The fourth-order valence-corrected chi connectivity index (χ4v) is 1.52. The Morgan fingerprint density at radius 1 is 1.33 bits per heavy atom. The number of nitrogens with one attached hydrogen (secondary N) is 1. The highest BCUT2D eigenvalue weighted by Crippen LogP contribution is 2.18. The molecule has 0 aliphatic carbocycles. The Morgan fingerprint density at radius 3 is 2.33 bits per heavy atom. The molecule has 7 heteroatoms. The van der Waals surface area contributed by atoms with Crippen molar-refractivity contribution in [1.82, 2.24) is 5.32 Å². The Labute approximate surface area is 115 Å². The van der Waals surface area contributed by atoms with Crippen LogP contribution in [0, 0.1) is 0 Å². The summed E-state index contributed by atoms with van der Waals surface area (Å²) < 4.78 is 0. The van der Waals surface area contributed by atoms with E-state index in [1.54, 1.807) is 24.3 Å². The molecule has 0 unspecified atom stereocenters.